The Bertz CT molecular complexity index is 1180. The lowest BCUT2D eigenvalue weighted by Crippen LogP contribution is -2.29. The number of aromatic nitrogens is 6. The molecule has 3 heterocycles. The first-order chi connectivity index (χ1) is 14.3. The fraction of sp³-hybridized carbons (Fsp3) is 0.318. The second-order valence-electron chi connectivity index (χ2n) is 7.62. The summed E-state index contributed by atoms with van der Waals surface area (Å²) in [5, 5.41) is 7.60. The van der Waals surface area contributed by atoms with E-state index in [1.54, 1.807) is 4.68 Å². The van der Waals surface area contributed by atoms with E-state index >= 15 is 0 Å². The topological polar surface area (TPSA) is 101 Å². The number of aromatic amines is 1. The number of nitrogens with one attached hydrogen (secondary N) is 2. The first-order valence-corrected chi connectivity index (χ1v) is 9.93. The van der Waals surface area contributed by atoms with Crippen LogP contribution in [0.3, 0.4) is 0 Å². The Morgan fingerprint density at radius 2 is 1.80 bits per heavy atom. The van der Waals surface area contributed by atoms with Crippen molar-refractivity contribution in [1.82, 2.24) is 35.0 Å². The Morgan fingerprint density at radius 3 is 2.50 bits per heavy atom. The Morgan fingerprint density at radius 1 is 1.10 bits per heavy atom. The number of fused-ring (bicyclic) bond motifs is 1. The highest BCUT2D eigenvalue weighted by atomic mass is 16.1. The van der Waals surface area contributed by atoms with Gasteiger partial charge in [-0.15, -0.1) is 0 Å². The average Bonchev–Trinajstić information content (AvgIpc) is 3.24. The maximum atomic E-state index is 12.7. The van der Waals surface area contributed by atoms with Gasteiger partial charge in [0.1, 0.15) is 5.82 Å². The maximum absolute atomic E-state index is 12.7. The summed E-state index contributed by atoms with van der Waals surface area (Å²) in [6.45, 7) is 9.61. The Balaban J connectivity index is 1.52. The van der Waals surface area contributed by atoms with Crippen LogP contribution in [-0.2, 0) is 11.2 Å². The van der Waals surface area contributed by atoms with Gasteiger partial charge in [0.2, 0.25) is 5.91 Å². The molecule has 1 aromatic carbocycles. The van der Waals surface area contributed by atoms with Crippen LogP contribution >= 0.6 is 0 Å². The summed E-state index contributed by atoms with van der Waals surface area (Å²) in [5.41, 5.74) is 6.14. The van der Waals surface area contributed by atoms with Gasteiger partial charge in [0.15, 0.2) is 0 Å². The zero-order valence-corrected chi connectivity index (χ0v) is 17.8. The van der Waals surface area contributed by atoms with Crippen molar-refractivity contribution >= 4 is 16.9 Å². The fourth-order valence-corrected chi connectivity index (χ4v) is 3.63. The number of H-pyrrole nitrogens is 1. The normalized spacial score (nSPS) is 12.3. The monoisotopic (exact) mass is 403 g/mol. The molecule has 0 bridgehead atoms. The second-order valence-corrected chi connectivity index (χ2v) is 7.62. The van der Waals surface area contributed by atoms with Crippen molar-refractivity contribution in [2.75, 3.05) is 0 Å². The molecule has 154 valence electrons. The van der Waals surface area contributed by atoms with Crippen LogP contribution in [0, 0.1) is 27.7 Å². The lowest BCUT2D eigenvalue weighted by molar-refractivity contribution is -0.121. The van der Waals surface area contributed by atoms with Crippen molar-refractivity contribution in [3.8, 4) is 5.95 Å². The van der Waals surface area contributed by atoms with Crippen LogP contribution in [0.15, 0.2) is 30.3 Å². The smallest absolute Gasteiger partial charge is 0.251 e. The number of benzene rings is 1. The zero-order chi connectivity index (χ0) is 21.4. The largest absolute Gasteiger partial charge is 0.346 e. The third-order valence-corrected chi connectivity index (χ3v) is 5.13. The first-order valence-electron chi connectivity index (χ1n) is 9.93. The lowest BCUT2D eigenvalue weighted by atomic mass is 10.1. The summed E-state index contributed by atoms with van der Waals surface area (Å²) >= 11 is 0. The van der Waals surface area contributed by atoms with Gasteiger partial charge >= 0.3 is 0 Å². The third kappa shape index (κ3) is 3.80. The molecule has 3 aromatic heterocycles. The van der Waals surface area contributed by atoms with Crippen LogP contribution in [0.4, 0.5) is 0 Å². The summed E-state index contributed by atoms with van der Waals surface area (Å²) in [6.07, 6.45) is 0.229. The van der Waals surface area contributed by atoms with Gasteiger partial charge in [-0.25, -0.2) is 19.6 Å². The average molecular weight is 403 g/mol. The van der Waals surface area contributed by atoms with E-state index in [1.807, 2.05) is 65.0 Å². The number of nitrogens with zero attached hydrogens (tertiary/aromatic N) is 5. The molecule has 0 radical (unpaired) electrons. The molecule has 4 aromatic rings. The van der Waals surface area contributed by atoms with Crippen LogP contribution in [0.1, 0.15) is 47.1 Å². The number of hydrogen-bond donors (Lipinski definition) is 2. The fourth-order valence-electron chi connectivity index (χ4n) is 3.63. The summed E-state index contributed by atoms with van der Waals surface area (Å²) in [7, 11) is 0. The van der Waals surface area contributed by atoms with E-state index in [0.29, 0.717) is 5.95 Å². The highest BCUT2D eigenvalue weighted by Gasteiger charge is 2.20. The molecule has 0 saturated heterocycles. The van der Waals surface area contributed by atoms with E-state index in [2.05, 4.69) is 30.4 Å². The summed E-state index contributed by atoms with van der Waals surface area (Å²) < 4.78 is 1.71. The molecule has 1 amide bonds. The van der Waals surface area contributed by atoms with Crippen molar-refractivity contribution in [2.45, 2.75) is 47.1 Å². The van der Waals surface area contributed by atoms with Gasteiger partial charge in [-0.2, -0.15) is 5.10 Å². The Kier molecular flexibility index (Phi) is 5.07. The number of imidazole rings is 1. The molecule has 0 aliphatic heterocycles. The van der Waals surface area contributed by atoms with Gasteiger partial charge in [-0.3, -0.25) is 4.79 Å². The molecular weight excluding hydrogens is 378 g/mol. The first kappa shape index (κ1) is 19.8. The number of para-hydroxylation sites is 2. The van der Waals surface area contributed by atoms with Crippen LogP contribution in [0.25, 0.3) is 17.0 Å². The molecule has 2 N–H and O–H groups in total. The van der Waals surface area contributed by atoms with E-state index < -0.39 is 0 Å². The molecule has 0 aliphatic carbocycles. The van der Waals surface area contributed by atoms with Crippen molar-refractivity contribution in [3.63, 3.8) is 0 Å². The predicted octanol–water partition coefficient (Wildman–Crippen LogP) is 3.19. The van der Waals surface area contributed by atoms with E-state index in [-0.39, 0.29) is 18.4 Å². The highest BCUT2D eigenvalue weighted by Crippen LogP contribution is 2.19. The summed E-state index contributed by atoms with van der Waals surface area (Å²) in [4.78, 5) is 29.5. The number of carbonyl (C=O) groups is 1. The van der Waals surface area contributed by atoms with Crippen LogP contribution in [0.2, 0.25) is 0 Å². The Labute approximate surface area is 174 Å². The maximum Gasteiger partial charge on any atom is 0.251 e. The predicted molar refractivity (Wildman–Crippen MR) is 114 cm³/mol. The number of hydrogen-bond acceptors (Lipinski definition) is 5. The molecule has 0 fully saturated rings. The van der Waals surface area contributed by atoms with Crippen LogP contribution in [0.5, 0.6) is 0 Å². The highest BCUT2D eigenvalue weighted by molar-refractivity contribution is 5.80. The zero-order valence-electron chi connectivity index (χ0n) is 17.8. The number of rotatable bonds is 5. The molecular formula is C22H25N7O. The van der Waals surface area contributed by atoms with Crippen molar-refractivity contribution < 1.29 is 4.79 Å². The number of aryl methyl sites for hydroxylation is 3. The lowest BCUT2D eigenvalue weighted by Gasteiger charge is -2.12. The van der Waals surface area contributed by atoms with Gasteiger partial charge in [0, 0.05) is 22.6 Å². The van der Waals surface area contributed by atoms with Gasteiger partial charge < -0.3 is 10.3 Å². The minimum atomic E-state index is -0.233. The van der Waals surface area contributed by atoms with E-state index in [1.165, 1.54) is 0 Å². The van der Waals surface area contributed by atoms with Gasteiger partial charge in [0.05, 0.1) is 29.2 Å². The Hall–Kier alpha value is -3.55. The molecule has 4 rings (SSSR count). The molecule has 1 atom stereocenters. The minimum Gasteiger partial charge on any atom is -0.346 e. The standard InChI is InChI=1S/C22H25N7O/c1-12-10-13(2)24-22(23-12)29-16(5)17(14(3)28-29)11-20(30)25-15(4)21-26-18-8-6-7-9-19(18)27-21/h6-10,15H,11H2,1-5H3,(H,25,30)(H,26,27). The summed E-state index contributed by atoms with van der Waals surface area (Å²) in [5.74, 6) is 1.17. The van der Waals surface area contributed by atoms with Gasteiger partial charge in [0.25, 0.3) is 5.95 Å². The molecule has 0 saturated carbocycles. The quantitative estimate of drug-likeness (QED) is 0.533. The van der Waals surface area contributed by atoms with Gasteiger partial charge in [-0.1, -0.05) is 12.1 Å². The van der Waals surface area contributed by atoms with E-state index in [0.717, 1.165) is 45.2 Å². The van der Waals surface area contributed by atoms with Gasteiger partial charge in [-0.05, 0) is 52.8 Å². The van der Waals surface area contributed by atoms with E-state index in [4.69, 9.17) is 0 Å². The SMILES string of the molecule is Cc1cc(C)nc(-n2nc(C)c(CC(=O)NC(C)c3nc4ccccc4[nH]3)c2C)n1. The molecule has 8 nitrogen and oxygen atoms in total. The van der Waals surface area contributed by atoms with Crippen LogP contribution < -0.4 is 5.32 Å². The van der Waals surface area contributed by atoms with Crippen LogP contribution in [-0.4, -0.2) is 35.6 Å². The molecule has 0 spiro atoms. The third-order valence-electron chi connectivity index (χ3n) is 5.13. The second kappa shape index (κ2) is 7.70. The molecule has 8 heteroatoms. The number of amides is 1. The minimum absolute atomic E-state index is 0.0879. The summed E-state index contributed by atoms with van der Waals surface area (Å²) in [6, 6.07) is 9.50. The van der Waals surface area contributed by atoms with E-state index in [9.17, 15) is 4.79 Å². The molecule has 0 aliphatic rings. The van der Waals surface area contributed by atoms with Crippen molar-refractivity contribution in [1.29, 1.82) is 0 Å². The van der Waals surface area contributed by atoms with Crippen molar-refractivity contribution in [3.05, 3.63) is 64.5 Å². The molecule has 1 unspecified atom stereocenters. The van der Waals surface area contributed by atoms with Crippen molar-refractivity contribution in [2.24, 2.45) is 0 Å². The molecule has 30 heavy (non-hydrogen) atoms. The number of carbonyl (C=O) groups excluding carboxylic acids is 1.